The lowest BCUT2D eigenvalue weighted by atomic mass is 10.1. The van der Waals surface area contributed by atoms with Crippen molar-refractivity contribution in [3.8, 4) is 0 Å². The molecular formula is C10H18O. The molecular weight excluding hydrogens is 136 g/mol. The highest BCUT2D eigenvalue weighted by atomic mass is 16.1. The Hall–Kier alpha value is -0.590. The highest BCUT2D eigenvalue weighted by Crippen LogP contribution is 2.03. The molecule has 0 radical (unpaired) electrons. The second kappa shape index (κ2) is 6.14. The molecule has 0 aliphatic rings. The Labute approximate surface area is 69.5 Å². The van der Waals surface area contributed by atoms with Crippen LogP contribution in [-0.2, 0) is 4.79 Å². The molecule has 0 spiro atoms. The van der Waals surface area contributed by atoms with Gasteiger partial charge in [-0.1, -0.05) is 32.4 Å². The van der Waals surface area contributed by atoms with E-state index in [4.69, 9.17) is 0 Å². The number of rotatable bonds is 5. The first-order valence-electron chi connectivity index (χ1n) is 4.33. The zero-order valence-corrected chi connectivity index (χ0v) is 7.76. The first-order chi connectivity index (χ1) is 5.16. The van der Waals surface area contributed by atoms with Gasteiger partial charge in [-0.15, -0.1) is 0 Å². The van der Waals surface area contributed by atoms with Gasteiger partial charge >= 0.3 is 0 Å². The minimum Gasteiger partial charge on any atom is -0.300 e. The molecule has 1 unspecified atom stereocenters. The summed E-state index contributed by atoms with van der Waals surface area (Å²) in [6, 6.07) is 0. The van der Waals surface area contributed by atoms with Gasteiger partial charge in [0.2, 0.25) is 0 Å². The molecule has 11 heavy (non-hydrogen) atoms. The van der Waals surface area contributed by atoms with Crippen molar-refractivity contribution in [3.63, 3.8) is 0 Å². The SMILES string of the molecule is CCC(C)C=CCCC(C)=O. The lowest BCUT2D eigenvalue weighted by molar-refractivity contribution is -0.116. The Balaban J connectivity index is 3.36. The highest BCUT2D eigenvalue weighted by Gasteiger charge is 1.91. The summed E-state index contributed by atoms with van der Waals surface area (Å²) in [6.07, 6.45) is 7.06. The molecule has 0 aromatic rings. The van der Waals surface area contributed by atoms with Gasteiger partial charge in [0.05, 0.1) is 0 Å². The first-order valence-corrected chi connectivity index (χ1v) is 4.33. The Morgan fingerprint density at radius 1 is 1.55 bits per heavy atom. The van der Waals surface area contributed by atoms with E-state index in [2.05, 4.69) is 26.0 Å². The molecule has 64 valence electrons. The summed E-state index contributed by atoms with van der Waals surface area (Å²) in [7, 11) is 0. The fraction of sp³-hybridized carbons (Fsp3) is 0.700. The molecule has 0 aliphatic carbocycles. The molecule has 0 heterocycles. The van der Waals surface area contributed by atoms with Crippen molar-refractivity contribution in [2.45, 2.75) is 40.0 Å². The minimum absolute atomic E-state index is 0.277. The van der Waals surface area contributed by atoms with Crippen molar-refractivity contribution in [1.29, 1.82) is 0 Å². The number of allylic oxidation sites excluding steroid dienone is 2. The van der Waals surface area contributed by atoms with E-state index >= 15 is 0 Å². The zero-order chi connectivity index (χ0) is 8.69. The van der Waals surface area contributed by atoms with Gasteiger partial charge < -0.3 is 4.79 Å². The molecule has 1 atom stereocenters. The van der Waals surface area contributed by atoms with Crippen LogP contribution in [0.2, 0.25) is 0 Å². The maximum Gasteiger partial charge on any atom is 0.130 e. The van der Waals surface area contributed by atoms with Crippen molar-refractivity contribution in [2.75, 3.05) is 0 Å². The Bertz CT molecular complexity index is 136. The van der Waals surface area contributed by atoms with Crippen molar-refractivity contribution >= 4 is 5.78 Å². The standard InChI is InChI=1S/C10H18O/c1-4-9(2)7-5-6-8-10(3)11/h5,7,9H,4,6,8H2,1-3H3. The normalized spacial score (nSPS) is 13.7. The number of carbonyl (C=O) groups excluding carboxylic acids is 1. The largest absolute Gasteiger partial charge is 0.300 e. The molecule has 0 N–H and O–H groups in total. The monoisotopic (exact) mass is 154 g/mol. The second-order valence-corrected chi connectivity index (χ2v) is 3.05. The summed E-state index contributed by atoms with van der Waals surface area (Å²) < 4.78 is 0. The van der Waals surface area contributed by atoms with E-state index in [1.807, 2.05) is 0 Å². The number of hydrogen-bond donors (Lipinski definition) is 0. The van der Waals surface area contributed by atoms with Gasteiger partial charge in [0.25, 0.3) is 0 Å². The van der Waals surface area contributed by atoms with Crippen molar-refractivity contribution in [1.82, 2.24) is 0 Å². The molecule has 0 saturated carbocycles. The third-order valence-corrected chi connectivity index (χ3v) is 1.77. The van der Waals surface area contributed by atoms with E-state index in [9.17, 15) is 4.79 Å². The third kappa shape index (κ3) is 7.31. The smallest absolute Gasteiger partial charge is 0.130 e. The number of carbonyl (C=O) groups is 1. The lowest BCUT2D eigenvalue weighted by Gasteiger charge is -1.98. The van der Waals surface area contributed by atoms with E-state index < -0.39 is 0 Å². The molecule has 1 heteroatoms. The topological polar surface area (TPSA) is 17.1 Å². The molecule has 0 rings (SSSR count). The van der Waals surface area contributed by atoms with Gasteiger partial charge in [0, 0.05) is 6.42 Å². The third-order valence-electron chi connectivity index (χ3n) is 1.77. The van der Waals surface area contributed by atoms with Crippen LogP contribution >= 0.6 is 0 Å². The van der Waals surface area contributed by atoms with E-state index in [-0.39, 0.29) is 5.78 Å². The summed E-state index contributed by atoms with van der Waals surface area (Å²) in [5, 5.41) is 0. The minimum atomic E-state index is 0.277. The average molecular weight is 154 g/mol. The molecule has 1 nitrogen and oxygen atoms in total. The molecule has 0 fully saturated rings. The fourth-order valence-electron chi connectivity index (χ4n) is 0.751. The van der Waals surface area contributed by atoms with E-state index in [0.717, 1.165) is 6.42 Å². The van der Waals surface area contributed by atoms with Crippen LogP contribution in [0.1, 0.15) is 40.0 Å². The fourth-order valence-corrected chi connectivity index (χ4v) is 0.751. The zero-order valence-electron chi connectivity index (χ0n) is 7.76. The van der Waals surface area contributed by atoms with Gasteiger partial charge in [0.15, 0.2) is 0 Å². The number of ketones is 1. The van der Waals surface area contributed by atoms with E-state index in [0.29, 0.717) is 12.3 Å². The van der Waals surface area contributed by atoms with Crippen molar-refractivity contribution in [2.24, 2.45) is 5.92 Å². The van der Waals surface area contributed by atoms with Crippen LogP contribution in [0.4, 0.5) is 0 Å². The highest BCUT2D eigenvalue weighted by molar-refractivity contribution is 5.75. The number of hydrogen-bond acceptors (Lipinski definition) is 1. The molecule has 0 bridgehead atoms. The van der Waals surface area contributed by atoms with Crippen LogP contribution in [0.5, 0.6) is 0 Å². The molecule has 0 aromatic carbocycles. The van der Waals surface area contributed by atoms with Gasteiger partial charge in [0.1, 0.15) is 5.78 Å². The maximum absolute atomic E-state index is 10.5. The van der Waals surface area contributed by atoms with Crippen LogP contribution in [0.25, 0.3) is 0 Å². The summed E-state index contributed by atoms with van der Waals surface area (Å²) in [6.45, 7) is 5.99. The molecule has 0 saturated heterocycles. The molecule has 0 amide bonds. The average Bonchev–Trinajstić information content (AvgIpc) is 1.97. The maximum atomic E-state index is 10.5. The summed E-state index contributed by atoms with van der Waals surface area (Å²) >= 11 is 0. The summed E-state index contributed by atoms with van der Waals surface area (Å²) in [5.41, 5.74) is 0. The lowest BCUT2D eigenvalue weighted by Crippen LogP contribution is -1.88. The van der Waals surface area contributed by atoms with Gasteiger partial charge in [-0.05, 0) is 19.3 Å². The summed E-state index contributed by atoms with van der Waals surface area (Å²) in [5.74, 6) is 0.931. The van der Waals surface area contributed by atoms with Crippen LogP contribution in [0, 0.1) is 5.92 Å². The van der Waals surface area contributed by atoms with Crippen LogP contribution < -0.4 is 0 Å². The Kier molecular flexibility index (Phi) is 5.81. The van der Waals surface area contributed by atoms with Crippen LogP contribution in [0.15, 0.2) is 12.2 Å². The second-order valence-electron chi connectivity index (χ2n) is 3.05. The van der Waals surface area contributed by atoms with E-state index in [1.165, 1.54) is 6.42 Å². The van der Waals surface area contributed by atoms with Gasteiger partial charge in [-0.25, -0.2) is 0 Å². The molecule has 0 aromatic heterocycles. The van der Waals surface area contributed by atoms with Crippen LogP contribution in [0.3, 0.4) is 0 Å². The Morgan fingerprint density at radius 2 is 2.18 bits per heavy atom. The van der Waals surface area contributed by atoms with Gasteiger partial charge in [-0.3, -0.25) is 0 Å². The summed E-state index contributed by atoms with van der Waals surface area (Å²) in [4.78, 5) is 10.5. The first kappa shape index (κ1) is 10.4. The van der Waals surface area contributed by atoms with E-state index in [1.54, 1.807) is 6.92 Å². The van der Waals surface area contributed by atoms with Crippen molar-refractivity contribution in [3.05, 3.63) is 12.2 Å². The Morgan fingerprint density at radius 3 is 2.64 bits per heavy atom. The van der Waals surface area contributed by atoms with Gasteiger partial charge in [-0.2, -0.15) is 0 Å². The molecule has 0 aliphatic heterocycles. The quantitative estimate of drug-likeness (QED) is 0.556. The predicted octanol–water partition coefficient (Wildman–Crippen LogP) is 2.96. The van der Waals surface area contributed by atoms with Crippen LogP contribution in [-0.4, -0.2) is 5.78 Å². The number of Topliss-reactive ketones (excluding diaryl/α,β-unsaturated/α-hetero) is 1. The predicted molar refractivity (Wildman–Crippen MR) is 48.5 cm³/mol. The van der Waals surface area contributed by atoms with Crippen molar-refractivity contribution < 1.29 is 4.79 Å².